The van der Waals surface area contributed by atoms with E-state index in [4.69, 9.17) is 0 Å². The molecule has 9 heteroatoms. The molecular weight excluding hydrogens is 468 g/mol. The first kappa shape index (κ1) is 22.5. The van der Waals surface area contributed by atoms with Crippen LogP contribution in [0.15, 0.2) is 83.8 Å². The van der Waals surface area contributed by atoms with E-state index >= 15 is 0 Å². The highest BCUT2D eigenvalue weighted by Crippen LogP contribution is 2.51. The van der Waals surface area contributed by atoms with Gasteiger partial charge in [0.05, 0.1) is 16.5 Å². The van der Waals surface area contributed by atoms with Crippen molar-refractivity contribution < 1.29 is 26.0 Å². The fourth-order valence-electron chi connectivity index (χ4n) is 4.81. The van der Waals surface area contributed by atoms with Gasteiger partial charge in [-0.15, -0.1) is 0 Å². The SMILES string of the molecule is O=S(=O)(Nc1ccc(F)cc1)c1ccc2c(c1)[C@H]1C=CC[C@H]1[C@@H](c1ccccc1C(F)(F)F)N2. The van der Waals surface area contributed by atoms with E-state index in [9.17, 15) is 26.0 Å². The van der Waals surface area contributed by atoms with Gasteiger partial charge in [0.15, 0.2) is 0 Å². The monoisotopic (exact) mass is 488 g/mol. The Kier molecular flexibility index (Phi) is 5.39. The smallest absolute Gasteiger partial charge is 0.378 e. The summed E-state index contributed by atoms with van der Waals surface area (Å²) in [4.78, 5) is 0.0190. The lowest BCUT2D eigenvalue weighted by atomic mass is 9.76. The zero-order valence-electron chi connectivity index (χ0n) is 17.7. The second-order valence-electron chi connectivity index (χ2n) is 8.42. The van der Waals surface area contributed by atoms with Crippen molar-refractivity contribution in [3.05, 3.63) is 101 Å². The number of sulfonamides is 1. The van der Waals surface area contributed by atoms with Crippen LogP contribution in [0.3, 0.4) is 0 Å². The largest absolute Gasteiger partial charge is 0.416 e. The summed E-state index contributed by atoms with van der Waals surface area (Å²) in [5, 5.41) is 3.23. The van der Waals surface area contributed by atoms with Crippen molar-refractivity contribution in [2.75, 3.05) is 10.0 Å². The summed E-state index contributed by atoms with van der Waals surface area (Å²) in [6, 6.07) is 14.5. The van der Waals surface area contributed by atoms with Gasteiger partial charge < -0.3 is 5.32 Å². The fourth-order valence-corrected chi connectivity index (χ4v) is 5.90. The maximum absolute atomic E-state index is 13.7. The number of allylic oxidation sites excluding steroid dienone is 2. The van der Waals surface area contributed by atoms with Crippen LogP contribution in [0.25, 0.3) is 0 Å². The molecule has 2 N–H and O–H groups in total. The molecule has 1 aliphatic heterocycles. The number of anilines is 2. The summed E-state index contributed by atoms with van der Waals surface area (Å²) in [5.41, 5.74) is 1.02. The van der Waals surface area contributed by atoms with Crippen LogP contribution in [0, 0.1) is 11.7 Å². The summed E-state index contributed by atoms with van der Waals surface area (Å²) in [6.45, 7) is 0. The Morgan fingerprint density at radius 2 is 1.68 bits per heavy atom. The first-order valence-corrected chi connectivity index (χ1v) is 12.1. The standard InChI is InChI=1S/C25H20F4N2O2S/c26-15-8-10-16(11-9-15)31-34(32,33)17-12-13-23-21(14-17)18-5-3-6-19(18)24(30-23)20-4-1-2-7-22(20)25(27,28)29/h1-5,7-14,18-19,24,30-31H,6H2/t18-,19+,24-/m0/s1. The molecule has 0 fully saturated rings. The van der Waals surface area contributed by atoms with Crippen LogP contribution in [0.4, 0.5) is 28.9 Å². The highest BCUT2D eigenvalue weighted by atomic mass is 32.2. The van der Waals surface area contributed by atoms with Gasteiger partial charge in [0.2, 0.25) is 0 Å². The summed E-state index contributed by atoms with van der Waals surface area (Å²) >= 11 is 0. The van der Waals surface area contributed by atoms with Gasteiger partial charge in [0.25, 0.3) is 10.0 Å². The number of alkyl halides is 3. The average Bonchev–Trinajstić information content (AvgIpc) is 3.29. The van der Waals surface area contributed by atoms with Crippen LogP contribution >= 0.6 is 0 Å². The van der Waals surface area contributed by atoms with E-state index in [0.717, 1.165) is 18.2 Å². The Labute approximate surface area is 194 Å². The number of nitrogens with one attached hydrogen (secondary N) is 2. The van der Waals surface area contributed by atoms with Crippen LogP contribution in [-0.4, -0.2) is 8.42 Å². The fraction of sp³-hybridized carbons (Fsp3) is 0.200. The molecule has 0 amide bonds. The Hall–Kier alpha value is -3.33. The molecule has 176 valence electrons. The molecule has 1 aliphatic carbocycles. The predicted octanol–water partition coefficient (Wildman–Crippen LogP) is 6.47. The molecule has 2 aliphatic rings. The van der Waals surface area contributed by atoms with Crippen LogP contribution < -0.4 is 10.0 Å². The van der Waals surface area contributed by atoms with Crippen molar-refractivity contribution in [2.45, 2.75) is 29.5 Å². The molecule has 3 aromatic rings. The minimum absolute atomic E-state index is 0.0190. The Morgan fingerprint density at radius 1 is 0.941 bits per heavy atom. The first-order chi connectivity index (χ1) is 16.1. The van der Waals surface area contributed by atoms with E-state index in [0.29, 0.717) is 17.7 Å². The summed E-state index contributed by atoms with van der Waals surface area (Å²) in [5.74, 6) is -0.911. The van der Waals surface area contributed by atoms with Gasteiger partial charge in [-0.05, 0) is 72.0 Å². The number of halogens is 4. The minimum atomic E-state index is -4.48. The molecule has 1 heterocycles. The van der Waals surface area contributed by atoms with Gasteiger partial charge in [0.1, 0.15) is 5.82 Å². The molecule has 5 rings (SSSR count). The van der Waals surface area contributed by atoms with E-state index in [1.807, 2.05) is 12.2 Å². The number of rotatable bonds is 4. The van der Waals surface area contributed by atoms with Gasteiger partial charge in [-0.3, -0.25) is 4.72 Å². The molecule has 0 aromatic heterocycles. The molecule has 0 radical (unpaired) electrons. The van der Waals surface area contributed by atoms with Gasteiger partial charge >= 0.3 is 6.18 Å². The van der Waals surface area contributed by atoms with Crippen LogP contribution in [0.5, 0.6) is 0 Å². The number of hydrogen-bond acceptors (Lipinski definition) is 3. The third-order valence-corrected chi connectivity index (χ3v) is 7.72. The maximum atomic E-state index is 13.7. The first-order valence-electron chi connectivity index (χ1n) is 10.7. The van der Waals surface area contributed by atoms with E-state index in [1.165, 1.54) is 30.3 Å². The molecular formula is C25H20F4N2O2S. The van der Waals surface area contributed by atoms with Crippen molar-refractivity contribution in [1.82, 2.24) is 0 Å². The average molecular weight is 489 g/mol. The molecule has 0 saturated carbocycles. The van der Waals surface area contributed by atoms with Crippen LogP contribution in [0.2, 0.25) is 0 Å². The van der Waals surface area contributed by atoms with Crippen molar-refractivity contribution in [3.8, 4) is 0 Å². The summed E-state index contributed by atoms with van der Waals surface area (Å²) in [6.07, 6.45) is -0.0621. The predicted molar refractivity (Wildman–Crippen MR) is 121 cm³/mol. The number of benzene rings is 3. The van der Waals surface area contributed by atoms with Gasteiger partial charge in [-0.2, -0.15) is 13.2 Å². The maximum Gasteiger partial charge on any atom is 0.416 e. The van der Waals surface area contributed by atoms with Crippen molar-refractivity contribution in [1.29, 1.82) is 0 Å². The Balaban J connectivity index is 1.51. The molecule has 34 heavy (non-hydrogen) atoms. The molecule has 0 unspecified atom stereocenters. The van der Waals surface area contributed by atoms with Crippen LogP contribution in [0.1, 0.15) is 35.1 Å². The normalized spacial score (nSPS) is 21.5. The molecule has 4 nitrogen and oxygen atoms in total. The topological polar surface area (TPSA) is 58.2 Å². The number of hydrogen-bond donors (Lipinski definition) is 2. The Bertz CT molecular complexity index is 1370. The second kappa shape index (κ2) is 8.16. The van der Waals surface area contributed by atoms with E-state index in [1.54, 1.807) is 18.2 Å². The number of fused-ring (bicyclic) bond motifs is 3. The van der Waals surface area contributed by atoms with Crippen molar-refractivity contribution in [3.63, 3.8) is 0 Å². The molecule has 0 bridgehead atoms. The van der Waals surface area contributed by atoms with E-state index in [2.05, 4.69) is 10.0 Å². The zero-order chi connectivity index (χ0) is 24.1. The minimum Gasteiger partial charge on any atom is -0.378 e. The lowest BCUT2D eigenvalue weighted by molar-refractivity contribution is -0.138. The van der Waals surface area contributed by atoms with Crippen molar-refractivity contribution in [2.24, 2.45) is 5.92 Å². The summed E-state index contributed by atoms with van der Waals surface area (Å²) < 4.78 is 82.5. The molecule has 3 atom stereocenters. The molecule has 3 aromatic carbocycles. The third kappa shape index (κ3) is 4.04. The van der Waals surface area contributed by atoms with E-state index in [-0.39, 0.29) is 28.0 Å². The highest BCUT2D eigenvalue weighted by Gasteiger charge is 2.42. The third-order valence-electron chi connectivity index (χ3n) is 6.34. The van der Waals surface area contributed by atoms with Gasteiger partial charge in [0, 0.05) is 17.3 Å². The highest BCUT2D eigenvalue weighted by molar-refractivity contribution is 7.92. The zero-order valence-corrected chi connectivity index (χ0v) is 18.5. The van der Waals surface area contributed by atoms with Gasteiger partial charge in [-0.1, -0.05) is 30.4 Å². The quantitative estimate of drug-likeness (QED) is 0.327. The molecule has 0 spiro atoms. The summed E-state index contributed by atoms with van der Waals surface area (Å²) in [7, 11) is -3.95. The molecule has 0 saturated heterocycles. The van der Waals surface area contributed by atoms with Gasteiger partial charge in [-0.25, -0.2) is 12.8 Å². The lowest BCUT2D eigenvalue weighted by Gasteiger charge is -2.38. The van der Waals surface area contributed by atoms with E-state index < -0.39 is 33.6 Å². The van der Waals surface area contributed by atoms with Crippen LogP contribution in [-0.2, 0) is 16.2 Å². The Morgan fingerprint density at radius 3 is 2.41 bits per heavy atom. The van der Waals surface area contributed by atoms with Crippen molar-refractivity contribution >= 4 is 21.4 Å². The lowest BCUT2D eigenvalue weighted by Crippen LogP contribution is -2.31. The second-order valence-corrected chi connectivity index (χ2v) is 10.1.